The largest absolute Gasteiger partial charge is 0.261 e. The highest BCUT2D eigenvalue weighted by Crippen LogP contribution is 2.28. The molecule has 1 fully saturated rings. The average Bonchev–Trinajstić information content (AvgIpc) is 2.38. The van der Waals surface area contributed by atoms with Gasteiger partial charge in [0.05, 0.1) is 0 Å². The summed E-state index contributed by atoms with van der Waals surface area (Å²) < 4.78 is 39.7. The molecular weight excluding hydrogens is 291 g/mol. The maximum absolute atomic E-state index is 13.4. The monoisotopic (exact) mass is 306 g/mol. The van der Waals surface area contributed by atoms with Crippen molar-refractivity contribution in [3.8, 4) is 0 Å². The Kier molecular flexibility index (Phi) is 4.76. The van der Waals surface area contributed by atoms with E-state index in [0.29, 0.717) is 0 Å². The van der Waals surface area contributed by atoms with E-state index in [1.165, 1.54) is 12.3 Å². The maximum Gasteiger partial charge on any atom is 0.261 e. The zero-order chi connectivity index (χ0) is 13.9. The van der Waals surface area contributed by atoms with Crippen LogP contribution in [0.25, 0.3) is 0 Å². The van der Waals surface area contributed by atoms with Crippen LogP contribution in [0.2, 0.25) is 0 Å². The van der Waals surface area contributed by atoms with Gasteiger partial charge in [0.1, 0.15) is 0 Å². The molecule has 1 aliphatic rings. The van der Waals surface area contributed by atoms with Gasteiger partial charge in [0.25, 0.3) is 10.0 Å². The molecule has 1 aromatic rings. The number of halogens is 2. The second kappa shape index (κ2) is 6.15. The molecule has 4 nitrogen and oxygen atoms in total. The third kappa shape index (κ3) is 3.64. The number of hydrogen-bond acceptors (Lipinski definition) is 3. The van der Waals surface area contributed by atoms with Crippen molar-refractivity contribution < 1.29 is 12.8 Å². The first-order valence-corrected chi connectivity index (χ1v) is 8.17. The van der Waals surface area contributed by atoms with Crippen LogP contribution < -0.4 is 4.72 Å². The smallest absolute Gasteiger partial charge is 0.241 e. The molecule has 106 valence electrons. The molecular formula is C12H16ClFN2O2S. The minimum absolute atomic E-state index is 0.0231. The van der Waals surface area contributed by atoms with Gasteiger partial charge in [0, 0.05) is 18.1 Å². The van der Waals surface area contributed by atoms with E-state index in [-0.39, 0.29) is 17.8 Å². The van der Waals surface area contributed by atoms with Crippen LogP contribution in [0.1, 0.15) is 25.7 Å². The molecule has 0 aliphatic heterocycles. The number of sulfonamides is 1. The first kappa shape index (κ1) is 14.7. The van der Waals surface area contributed by atoms with Gasteiger partial charge in [0.15, 0.2) is 5.82 Å². The van der Waals surface area contributed by atoms with Gasteiger partial charge in [-0.3, -0.25) is 0 Å². The Morgan fingerprint density at radius 2 is 2.16 bits per heavy atom. The van der Waals surface area contributed by atoms with Crippen LogP contribution in [-0.2, 0) is 10.0 Å². The van der Waals surface area contributed by atoms with Gasteiger partial charge < -0.3 is 0 Å². The predicted octanol–water partition coefficient (Wildman–Crippen LogP) is 2.30. The summed E-state index contributed by atoms with van der Waals surface area (Å²) in [6, 6.07) is 2.43. The van der Waals surface area contributed by atoms with Crippen LogP contribution in [0.4, 0.5) is 4.39 Å². The molecule has 2 rings (SSSR count). The summed E-state index contributed by atoms with van der Waals surface area (Å²) in [5, 5.41) is -0.582. The molecule has 0 aromatic carbocycles. The van der Waals surface area contributed by atoms with Crippen LogP contribution in [0.5, 0.6) is 0 Å². The van der Waals surface area contributed by atoms with Gasteiger partial charge in [-0.05, 0) is 30.9 Å². The molecule has 1 aliphatic carbocycles. The van der Waals surface area contributed by atoms with E-state index in [0.717, 1.165) is 31.7 Å². The van der Waals surface area contributed by atoms with Crippen LogP contribution in [0.15, 0.2) is 23.4 Å². The van der Waals surface area contributed by atoms with Crippen LogP contribution >= 0.6 is 11.6 Å². The van der Waals surface area contributed by atoms with E-state index in [4.69, 9.17) is 11.6 Å². The van der Waals surface area contributed by atoms with E-state index >= 15 is 0 Å². The highest BCUT2D eigenvalue weighted by atomic mass is 35.5. The van der Waals surface area contributed by atoms with Crippen molar-refractivity contribution in [3.63, 3.8) is 0 Å². The van der Waals surface area contributed by atoms with E-state index in [9.17, 15) is 12.8 Å². The molecule has 0 amide bonds. The molecule has 1 saturated carbocycles. The van der Waals surface area contributed by atoms with Crippen molar-refractivity contribution in [1.29, 1.82) is 0 Å². The van der Waals surface area contributed by atoms with E-state index in [1.807, 2.05) is 0 Å². The number of rotatable bonds is 4. The van der Waals surface area contributed by atoms with Crippen LogP contribution in [0, 0.1) is 11.7 Å². The molecule has 1 aromatic heterocycles. The van der Waals surface area contributed by atoms with Gasteiger partial charge in [-0.15, -0.1) is 11.6 Å². The number of alkyl halides is 1. The van der Waals surface area contributed by atoms with Gasteiger partial charge in [-0.2, -0.15) is 0 Å². The van der Waals surface area contributed by atoms with E-state index < -0.39 is 20.9 Å². The lowest BCUT2D eigenvalue weighted by Gasteiger charge is -2.26. The fraction of sp³-hybridized carbons (Fsp3) is 0.583. The Bertz CT molecular complexity index is 538. The van der Waals surface area contributed by atoms with Crippen molar-refractivity contribution in [3.05, 3.63) is 24.1 Å². The zero-order valence-electron chi connectivity index (χ0n) is 10.4. The molecule has 0 bridgehead atoms. The second-order valence-electron chi connectivity index (χ2n) is 4.70. The SMILES string of the molecule is O=S(=O)(NCC1CCCCC1Cl)c1ncccc1F. The lowest BCUT2D eigenvalue weighted by Crippen LogP contribution is -2.35. The second-order valence-corrected chi connectivity index (χ2v) is 6.95. The number of pyridine rings is 1. The normalized spacial score (nSPS) is 24.3. The van der Waals surface area contributed by atoms with E-state index in [1.54, 1.807) is 0 Å². The molecule has 2 atom stereocenters. The molecule has 0 saturated heterocycles. The average molecular weight is 307 g/mol. The zero-order valence-corrected chi connectivity index (χ0v) is 11.9. The highest BCUT2D eigenvalue weighted by molar-refractivity contribution is 7.89. The quantitative estimate of drug-likeness (QED) is 0.868. The molecule has 2 unspecified atom stereocenters. The van der Waals surface area contributed by atoms with Gasteiger partial charge in [-0.25, -0.2) is 22.5 Å². The number of hydrogen-bond donors (Lipinski definition) is 1. The summed E-state index contributed by atoms with van der Waals surface area (Å²) in [6.45, 7) is 0.229. The van der Waals surface area contributed by atoms with Gasteiger partial charge >= 0.3 is 0 Å². The van der Waals surface area contributed by atoms with Crippen LogP contribution in [-0.4, -0.2) is 25.3 Å². The third-order valence-electron chi connectivity index (χ3n) is 3.33. The Morgan fingerprint density at radius 1 is 1.42 bits per heavy atom. The number of nitrogens with one attached hydrogen (secondary N) is 1. The Balaban J connectivity index is 2.04. The molecule has 7 heteroatoms. The van der Waals surface area contributed by atoms with Gasteiger partial charge in [-0.1, -0.05) is 12.8 Å². The lowest BCUT2D eigenvalue weighted by atomic mass is 9.89. The predicted molar refractivity (Wildman–Crippen MR) is 71.0 cm³/mol. The standard InChI is InChI=1S/C12H16ClFN2O2S/c13-10-5-2-1-4-9(10)8-16-19(17,18)12-11(14)6-3-7-15-12/h3,6-7,9-10,16H,1-2,4-5,8H2. The minimum atomic E-state index is -3.91. The summed E-state index contributed by atoms with van der Waals surface area (Å²) in [5.41, 5.74) is 0. The van der Waals surface area contributed by atoms with Crippen molar-refractivity contribution in [1.82, 2.24) is 9.71 Å². The minimum Gasteiger partial charge on any atom is -0.241 e. The fourth-order valence-electron chi connectivity index (χ4n) is 2.25. The molecule has 19 heavy (non-hydrogen) atoms. The molecule has 0 radical (unpaired) electrons. The number of aromatic nitrogens is 1. The Morgan fingerprint density at radius 3 is 2.84 bits per heavy atom. The van der Waals surface area contributed by atoms with Crippen molar-refractivity contribution in [2.45, 2.75) is 36.1 Å². The van der Waals surface area contributed by atoms with Crippen LogP contribution in [0.3, 0.4) is 0 Å². The Hall–Kier alpha value is -0.720. The summed E-state index contributed by atoms with van der Waals surface area (Å²) in [7, 11) is -3.91. The molecule has 1 N–H and O–H groups in total. The third-order valence-corrected chi connectivity index (χ3v) is 5.26. The lowest BCUT2D eigenvalue weighted by molar-refractivity contribution is 0.363. The fourth-order valence-corrected chi connectivity index (χ4v) is 3.71. The van der Waals surface area contributed by atoms with Crippen molar-refractivity contribution in [2.24, 2.45) is 5.92 Å². The number of nitrogens with zero attached hydrogens (tertiary/aromatic N) is 1. The maximum atomic E-state index is 13.4. The highest BCUT2D eigenvalue weighted by Gasteiger charge is 2.26. The topological polar surface area (TPSA) is 59.1 Å². The van der Waals surface area contributed by atoms with Gasteiger partial charge in [0.2, 0.25) is 5.03 Å². The van der Waals surface area contributed by atoms with Crippen molar-refractivity contribution in [2.75, 3.05) is 6.54 Å². The van der Waals surface area contributed by atoms with Crippen molar-refractivity contribution >= 4 is 21.6 Å². The summed E-state index contributed by atoms with van der Waals surface area (Å²) in [6.07, 6.45) is 5.16. The summed E-state index contributed by atoms with van der Waals surface area (Å²) in [5.74, 6) is -0.752. The first-order valence-electron chi connectivity index (χ1n) is 6.25. The molecule has 1 heterocycles. The van der Waals surface area contributed by atoms with E-state index in [2.05, 4.69) is 9.71 Å². The summed E-state index contributed by atoms with van der Waals surface area (Å²) in [4.78, 5) is 3.57. The molecule has 0 spiro atoms. The first-order chi connectivity index (χ1) is 9.00. The Labute approximate surface area is 117 Å². The summed E-state index contributed by atoms with van der Waals surface area (Å²) >= 11 is 6.16.